The van der Waals surface area contributed by atoms with Gasteiger partial charge in [0, 0.05) is 18.0 Å². The number of aryl methyl sites for hydroxylation is 1. The van der Waals surface area contributed by atoms with E-state index in [2.05, 4.69) is 11.1 Å². The van der Waals surface area contributed by atoms with Crippen LogP contribution in [0.15, 0.2) is 30.5 Å². The zero-order chi connectivity index (χ0) is 16.8. The van der Waals surface area contributed by atoms with Crippen LogP contribution in [0.1, 0.15) is 34.9 Å². The maximum absolute atomic E-state index is 14.0. The van der Waals surface area contributed by atoms with Gasteiger partial charge >= 0.3 is 0 Å². The summed E-state index contributed by atoms with van der Waals surface area (Å²) < 4.78 is 42.5. The third-order valence-corrected chi connectivity index (χ3v) is 4.59. The van der Waals surface area contributed by atoms with Gasteiger partial charge in [0.2, 0.25) is 0 Å². The number of pyridine rings is 1. The fraction of sp³-hybridized carbons (Fsp3) is 0.222. The number of hydrogen-bond acceptors (Lipinski definition) is 2. The van der Waals surface area contributed by atoms with Crippen molar-refractivity contribution in [2.24, 2.45) is 0 Å². The first-order valence-corrected chi connectivity index (χ1v) is 7.61. The highest BCUT2D eigenvalue weighted by Gasteiger charge is 2.27. The standard InChI is InChI=1S/C18H12F3N3/c19-13-8-15(21)14(20)7-12(13)11-1-2-17-16(6-11)23-18-5-10(9-22)3-4-24(17)18/h3-5,7-8,11H,1-2,6H2. The summed E-state index contributed by atoms with van der Waals surface area (Å²) in [4.78, 5) is 4.53. The first-order chi connectivity index (χ1) is 11.6. The lowest BCUT2D eigenvalue weighted by molar-refractivity contribution is 0.473. The normalized spacial score (nSPS) is 16.8. The Morgan fingerprint density at radius 1 is 1.12 bits per heavy atom. The van der Waals surface area contributed by atoms with Crippen molar-refractivity contribution in [2.45, 2.75) is 25.2 Å². The number of nitriles is 1. The molecule has 1 aliphatic carbocycles. The molecule has 2 heterocycles. The molecule has 120 valence electrons. The molecule has 0 bridgehead atoms. The van der Waals surface area contributed by atoms with Gasteiger partial charge in [0.1, 0.15) is 11.5 Å². The SMILES string of the molecule is N#Cc1ccn2c3c(nc2c1)CC(c1cc(F)c(F)cc1F)CC3. The van der Waals surface area contributed by atoms with Crippen LogP contribution in [0, 0.1) is 28.8 Å². The number of aromatic nitrogens is 2. The van der Waals surface area contributed by atoms with E-state index in [9.17, 15) is 13.2 Å². The largest absolute Gasteiger partial charge is 0.304 e. The molecule has 1 unspecified atom stereocenters. The molecule has 1 aromatic carbocycles. The van der Waals surface area contributed by atoms with E-state index in [4.69, 9.17) is 5.26 Å². The van der Waals surface area contributed by atoms with E-state index in [-0.39, 0.29) is 11.5 Å². The summed E-state index contributed by atoms with van der Waals surface area (Å²) >= 11 is 0. The molecule has 0 amide bonds. The van der Waals surface area contributed by atoms with Crippen LogP contribution >= 0.6 is 0 Å². The van der Waals surface area contributed by atoms with Crippen LogP contribution in [-0.2, 0) is 12.8 Å². The summed E-state index contributed by atoms with van der Waals surface area (Å²) in [5.74, 6) is -3.18. The second kappa shape index (κ2) is 5.38. The molecule has 1 atom stereocenters. The van der Waals surface area contributed by atoms with Crippen molar-refractivity contribution in [3.8, 4) is 6.07 Å². The number of halogens is 3. The van der Waals surface area contributed by atoms with E-state index in [1.54, 1.807) is 18.3 Å². The van der Waals surface area contributed by atoms with Crippen LogP contribution in [-0.4, -0.2) is 9.38 Å². The molecular weight excluding hydrogens is 315 g/mol. The quantitative estimate of drug-likeness (QED) is 0.636. The summed E-state index contributed by atoms with van der Waals surface area (Å²) in [6, 6.07) is 7.04. The molecule has 3 aromatic rings. The van der Waals surface area contributed by atoms with Gasteiger partial charge < -0.3 is 4.40 Å². The molecule has 4 rings (SSSR count). The van der Waals surface area contributed by atoms with E-state index in [1.807, 2.05) is 4.40 Å². The number of hydrogen-bond donors (Lipinski definition) is 0. The Kier molecular flexibility index (Phi) is 3.31. The number of rotatable bonds is 1. The molecule has 0 fully saturated rings. The lowest BCUT2D eigenvalue weighted by Crippen LogP contribution is -2.15. The molecular formula is C18H12F3N3. The Morgan fingerprint density at radius 3 is 2.71 bits per heavy atom. The number of benzene rings is 1. The van der Waals surface area contributed by atoms with Gasteiger partial charge in [0.15, 0.2) is 11.6 Å². The summed E-state index contributed by atoms with van der Waals surface area (Å²) in [5.41, 5.74) is 3.21. The molecule has 0 saturated carbocycles. The van der Waals surface area contributed by atoms with Gasteiger partial charge in [-0.2, -0.15) is 5.26 Å². The van der Waals surface area contributed by atoms with E-state index in [0.717, 1.165) is 17.5 Å². The number of imidazole rings is 1. The van der Waals surface area contributed by atoms with Crippen LogP contribution in [0.4, 0.5) is 13.2 Å². The van der Waals surface area contributed by atoms with Gasteiger partial charge in [-0.25, -0.2) is 18.2 Å². The third kappa shape index (κ3) is 2.24. The Morgan fingerprint density at radius 2 is 1.92 bits per heavy atom. The monoisotopic (exact) mass is 327 g/mol. The van der Waals surface area contributed by atoms with Crippen molar-refractivity contribution in [3.05, 3.63) is 70.4 Å². The molecule has 24 heavy (non-hydrogen) atoms. The van der Waals surface area contributed by atoms with Crippen LogP contribution < -0.4 is 0 Å². The first-order valence-electron chi connectivity index (χ1n) is 7.61. The zero-order valence-electron chi connectivity index (χ0n) is 12.6. The highest BCUT2D eigenvalue weighted by atomic mass is 19.2. The van der Waals surface area contributed by atoms with Gasteiger partial charge in [0.05, 0.1) is 17.3 Å². The van der Waals surface area contributed by atoms with E-state index >= 15 is 0 Å². The minimum atomic E-state index is -1.18. The minimum Gasteiger partial charge on any atom is -0.304 e. The van der Waals surface area contributed by atoms with Gasteiger partial charge in [0.25, 0.3) is 0 Å². The fourth-order valence-electron chi connectivity index (χ4n) is 3.40. The van der Waals surface area contributed by atoms with Crippen molar-refractivity contribution < 1.29 is 13.2 Å². The second-order valence-electron chi connectivity index (χ2n) is 5.99. The van der Waals surface area contributed by atoms with Gasteiger partial charge in [-0.3, -0.25) is 0 Å². The maximum atomic E-state index is 14.0. The van der Waals surface area contributed by atoms with Crippen molar-refractivity contribution in [1.82, 2.24) is 9.38 Å². The average molecular weight is 327 g/mol. The predicted molar refractivity (Wildman–Crippen MR) is 81.0 cm³/mol. The fourth-order valence-corrected chi connectivity index (χ4v) is 3.40. The lowest BCUT2D eigenvalue weighted by atomic mass is 9.84. The molecule has 1 aliphatic rings. The molecule has 0 radical (unpaired) electrons. The Bertz CT molecular complexity index is 1000. The van der Waals surface area contributed by atoms with Crippen molar-refractivity contribution in [3.63, 3.8) is 0 Å². The van der Waals surface area contributed by atoms with Crippen LogP contribution in [0.25, 0.3) is 5.65 Å². The summed E-state index contributed by atoms with van der Waals surface area (Å²) in [7, 11) is 0. The maximum Gasteiger partial charge on any atom is 0.161 e. The zero-order valence-corrected chi connectivity index (χ0v) is 12.6. The molecule has 0 spiro atoms. The van der Waals surface area contributed by atoms with Gasteiger partial charge in [-0.15, -0.1) is 0 Å². The molecule has 0 saturated heterocycles. The molecule has 2 aromatic heterocycles. The Hall–Kier alpha value is -2.81. The summed E-state index contributed by atoms with van der Waals surface area (Å²) in [5, 5.41) is 8.97. The highest BCUT2D eigenvalue weighted by Crippen LogP contribution is 2.34. The van der Waals surface area contributed by atoms with E-state index < -0.39 is 17.5 Å². The van der Waals surface area contributed by atoms with Gasteiger partial charge in [-0.1, -0.05) is 0 Å². The lowest BCUT2D eigenvalue weighted by Gasteiger charge is -2.22. The number of nitrogens with zero attached hydrogens (tertiary/aromatic N) is 3. The van der Waals surface area contributed by atoms with Crippen molar-refractivity contribution >= 4 is 5.65 Å². The van der Waals surface area contributed by atoms with Crippen LogP contribution in [0.5, 0.6) is 0 Å². The average Bonchev–Trinajstić information content (AvgIpc) is 2.94. The van der Waals surface area contributed by atoms with Crippen molar-refractivity contribution in [1.29, 1.82) is 5.26 Å². The first kappa shape index (κ1) is 14.8. The summed E-state index contributed by atoms with van der Waals surface area (Å²) in [6.45, 7) is 0. The smallest absolute Gasteiger partial charge is 0.161 e. The van der Waals surface area contributed by atoms with E-state index in [0.29, 0.717) is 36.5 Å². The summed E-state index contributed by atoms with van der Waals surface area (Å²) in [6.07, 6.45) is 3.55. The van der Waals surface area contributed by atoms with Gasteiger partial charge in [-0.05, 0) is 48.9 Å². The molecule has 3 nitrogen and oxygen atoms in total. The molecule has 6 heteroatoms. The van der Waals surface area contributed by atoms with E-state index in [1.165, 1.54) is 0 Å². The predicted octanol–water partition coefficient (Wildman–Crippen LogP) is 3.90. The Balaban J connectivity index is 1.74. The van der Waals surface area contributed by atoms with Crippen LogP contribution in [0.3, 0.4) is 0 Å². The highest BCUT2D eigenvalue weighted by molar-refractivity contribution is 5.50. The topological polar surface area (TPSA) is 41.1 Å². The molecule has 0 N–H and O–H groups in total. The Labute approximate surface area is 136 Å². The second-order valence-corrected chi connectivity index (χ2v) is 5.99. The van der Waals surface area contributed by atoms with Crippen molar-refractivity contribution in [2.75, 3.05) is 0 Å². The van der Waals surface area contributed by atoms with Crippen LogP contribution in [0.2, 0.25) is 0 Å². The minimum absolute atomic E-state index is 0.189. The molecule has 0 aliphatic heterocycles. The number of fused-ring (bicyclic) bond motifs is 3. The third-order valence-electron chi connectivity index (χ3n) is 4.59.